The number of nitrogens with one attached hydrogen (secondary N) is 1. The molecule has 272 valence electrons. The topological polar surface area (TPSA) is 121 Å². The second-order valence-electron chi connectivity index (χ2n) is 16.3. The van der Waals surface area contributed by atoms with Crippen LogP contribution in [-0.4, -0.2) is 121 Å². The van der Waals surface area contributed by atoms with Gasteiger partial charge < -0.3 is 29.3 Å². The minimum Gasteiger partial charge on any atom is -0.465 e. The van der Waals surface area contributed by atoms with Crippen molar-refractivity contribution in [1.82, 2.24) is 24.9 Å². The number of methoxy groups -OCH3 is 1. The first-order valence-corrected chi connectivity index (χ1v) is 17.3. The van der Waals surface area contributed by atoms with E-state index in [-0.39, 0.29) is 34.9 Å². The second kappa shape index (κ2) is 14.2. The Morgan fingerprint density at radius 1 is 0.640 bits per heavy atom. The van der Waals surface area contributed by atoms with E-state index in [1.807, 2.05) is 84.0 Å². The molecule has 6 rings (SSSR count). The van der Waals surface area contributed by atoms with Crippen LogP contribution in [0.25, 0.3) is 0 Å². The average molecular weight is 692 g/mol. The number of rotatable bonds is 6. The highest BCUT2D eigenvalue weighted by atomic mass is 16.6. The molecule has 4 fully saturated rings. The van der Waals surface area contributed by atoms with E-state index in [2.05, 4.69) is 15.1 Å². The monoisotopic (exact) mass is 691 g/mol. The number of benzene rings is 2. The summed E-state index contributed by atoms with van der Waals surface area (Å²) >= 11 is 0. The molecule has 0 bridgehead atoms. The Balaban J connectivity index is 0.000000194. The van der Waals surface area contributed by atoms with Gasteiger partial charge in [0.2, 0.25) is 0 Å². The molecule has 4 aliphatic rings. The van der Waals surface area contributed by atoms with E-state index in [0.29, 0.717) is 5.56 Å². The Kier molecular flexibility index (Phi) is 10.6. The summed E-state index contributed by atoms with van der Waals surface area (Å²) in [5, 5.41) is 2.69. The molecule has 0 aliphatic carbocycles. The molecule has 0 saturated carbocycles. The van der Waals surface area contributed by atoms with Crippen molar-refractivity contribution in [2.45, 2.75) is 65.8 Å². The lowest BCUT2D eigenvalue weighted by molar-refractivity contribution is -0.115. The van der Waals surface area contributed by atoms with Crippen LogP contribution in [0.4, 0.5) is 9.59 Å². The molecule has 1 N–H and O–H groups in total. The molecule has 12 nitrogen and oxygen atoms in total. The third-order valence-electron chi connectivity index (χ3n) is 9.34. The molecule has 0 radical (unpaired) electrons. The lowest BCUT2D eigenvalue weighted by atomic mass is 9.73. The van der Waals surface area contributed by atoms with E-state index in [1.54, 1.807) is 22.9 Å². The fourth-order valence-corrected chi connectivity index (χ4v) is 7.33. The van der Waals surface area contributed by atoms with E-state index in [4.69, 9.17) is 14.2 Å². The molecule has 50 heavy (non-hydrogen) atoms. The first-order chi connectivity index (χ1) is 23.4. The van der Waals surface area contributed by atoms with Gasteiger partial charge in [-0.3, -0.25) is 14.6 Å². The van der Waals surface area contributed by atoms with Gasteiger partial charge in [0.05, 0.1) is 12.7 Å². The van der Waals surface area contributed by atoms with Crippen molar-refractivity contribution in [1.29, 1.82) is 0 Å². The molecular formula is C38H53N5O7. The van der Waals surface area contributed by atoms with Crippen molar-refractivity contribution in [3.8, 4) is 0 Å². The van der Waals surface area contributed by atoms with Crippen LogP contribution < -0.4 is 5.32 Å². The average Bonchev–Trinajstić information content (AvgIpc) is 2.96. The van der Waals surface area contributed by atoms with E-state index in [9.17, 15) is 19.2 Å². The van der Waals surface area contributed by atoms with E-state index >= 15 is 0 Å². The maximum atomic E-state index is 12.0. The van der Waals surface area contributed by atoms with Crippen LogP contribution in [0.15, 0.2) is 48.5 Å². The Morgan fingerprint density at radius 3 is 1.40 bits per heavy atom. The van der Waals surface area contributed by atoms with Gasteiger partial charge >= 0.3 is 18.2 Å². The van der Waals surface area contributed by atoms with Gasteiger partial charge in [-0.25, -0.2) is 14.4 Å². The predicted molar refractivity (Wildman–Crippen MR) is 189 cm³/mol. The largest absolute Gasteiger partial charge is 0.465 e. The predicted octanol–water partition coefficient (Wildman–Crippen LogP) is 4.62. The van der Waals surface area contributed by atoms with Crippen LogP contribution in [0.3, 0.4) is 0 Å². The number of nitrogens with zero attached hydrogens (tertiary/aromatic N) is 4. The highest BCUT2D eigenvalue weighted by molar-refractivity contribution is 5.95. The highest BCUT2D eigenvalue weighted by Crippen LogP contribution is 2.42. The van der Waals surface area contributed by atoms with Crippen LogP contribution in [0, 0.1) is 10.8 Å². The molecule has 0 aromatic heterocycles. The van der Waals surface area contributed by atoms with Crippen molar-refractivity contribution in [2.24, 2.45) is 10.8 Å². The molecular weight excluding hydrogens is 638 g/mol. The number of carbonyl (C=O) groups is 4. The zero-order valence-corrected chi connectivity index (χ0v) is 30.8. The fourth-order valence-electron chi connectivity index (χ4n) is 7.33. The Hall–Kier alpha value is -4.16. The first kappa shape index (κ1) is 37.1. The summed E-state index contributed by atoms with van der Waals surface area (Å²) in [6.07, 6.45) is -0.450. The maximum absolute atomic E-state index is 12.0. The molecule has 4 saturated heterocycles. The summed E-state index contributed by atoms with van der Waals surface area (Å²) in [7, 11) is 3.05. The van der Waals surface area contributed by atoms with Crippen LogP contribution in [0.2, 0.25) is 0 Å². The minimum atomic E-state index is -0.455. The summed E-state index contributed by atoms with van der Waals surface area (Å²) in [5.74, 6) is -0.351. The Morgan fingerprint density at radius 2 is 1.02 bits per heavy atom. The Labute approximate surface area is 296 Å². The number of ether oxygens (including phenoxy) is 3. The summed E-state index contributed by atoms with van der Waals surface area (Å²) in [5.41, 5.74) is 2.87. The van der Waals surface area contributed by atoms with E-state index in [0.717, 1.165) is 82.1 Å². The summed E-state index contributed by atoms with van der Waals surface area (Å²) in [4.78, 5) is 56.1. The third kappa shape index (κ3) is 8.76. The number of amides is 3. The molecule has 4 aliphatic heterocycles. The molecule has 2 aromatic carbocycles. The second-order valence-corrected chi connectivity index (χ2v) is 16.3. The van der Waals surface area contributed by atoms with Gasteiger partial charge in [-0.15, -0.1) is 0 Å². The smallest absolute Gasteiger partial charge is 0.410 e. The standard InChI is InChI=1S/C19H27N3O3.C19H26N2O4/c1-18(2,3)25-17(24)22-12-19(13-22)10-21(11-19)9-14-7-5-6-8-15(14)16(23)20-4;1-18(2,3)25-17(23)21-12-19(13-21)10-20(11-19)9-14-7-5-6-8-15(14)16(22)24-4/h5-8H,9-13H2,1-4H3,(H,20,23);5-8H,9-13H2,1-4H3. The van der Waals surface area contributed by atoms with Gasteiger partial charge in [-0.05, 0) is 64.8 Å². The quantitative estimate of drug-likeness (QED) is 0.342. The van der Waals surface area contributed by atoms with Crippen LogP contribution in [-0.2, 0) is 27.3 Å². The normalized spacial score (nSPS) is 19.1. The molecule has 4 heterocycles. The van der Waals surface area contributed by atoms with Crippen molar-refractivity contribution >= 4 is 24.1 Å². The van der Waals surface area contributed by atoms with Gasteiger partial charge in [0.25, 0.3) is 5.91 Å². The number of esters is 1. The number of carbonyl (C=O) groups excluding carboxylic acids is 4. The summed E-state index contributed by atoms with van der Waals surface area (Å²) in [6, 6.07) is 15.3. The maximum Gasteiger partial charge on any atom is 0.410 e. The molecule has 0 unspecified atom stereocenters. The van der Waals surface area contributed by atoms with Gasteiger partial charge in [-0.2, -0.15) is 0 Å². The molecule has 2 spiro atoms. The molecule has 0 atom stereocenters. The van der Waals surface area contributed by atoms with Crippen molar-refractivity contribution in [2.75, 3.05) is 66.5 Å². The van der Waals surface area contributed by atoms with Gasteiger partial charge in [0, 0.05) is 88.9 Å². The lowest BCUT2D eigenvalue weighted by Gasteiger charge is -2.60. The van der Waals surface area contributed by atoms with E-state index in [1.165, 1.54) is 7.11 Å². The Bertz CT molecular complexity index is 1450. The van der Waals surface area contributed by atoms with Crippen molar-refractivity contribution < 1.29 is 33.4 Å². The molecule has 2 aromatic rings. The number of hydrogen-bond acceptors (Lipinski definition) is 9. The van der Waals surface area contributed by atoms with Gasteiger partial charge in [0.1, 0.15) is 11.2 Å². The zero-order valence-electron chi connectivity index (χ0n) is 30.8. The van der Waals surface area contributed by atoms with Crippen molar-refractivity contribution in [3.05, 3.63) is 70.8 Å². The van der Waals surface area contributed by atoms with Crippen LogP contribution in [0.1, 0.15) is 73.4 Å². The van der Waals surface area contributed by atoms with Crippen molar-refractivity contribution in [3.63, 3.8) is 0 Å². The first-order valence-electron chi connectivity index (χ1n) is 17.3. The lowest BCUT2D eigenvalue weighted by Crippen LogP contribution is -2.72. The number of likely N-dealkylation sites (tertiary alicyclic amines) is 4. The van der Waals surface area contributed by atoms with Crippen LogP contribution in [0.5, 0.6) is 0 Å². The molecule has 12 heteroatoms. The third-order valence-corrected chi connectivity index (χ3v) is 9.34. The highest BCUT2D eigenvalue weighted by Gasteiger charge is 2.54. The van der Waals surface area contributed by atoms with Gasteiger partial charge in [-0.1, -0.05) is 36.4 Å². The summed E-state index contributed by atoms with van der Waals surface area (Å²) < 4.78 is 15.7. The summed E-state index contributed by atoms with van der Waals surface area (Å²) in [6.45, 7) is 19.6. The van der Waals surface area contributed by atoms with Crippen LogP contribution >= 0.6 is 0 Å². The minimum absolute atomic E-state index is 0.0504. The van der Waals surface area contributed by atoms with E-state index < -0.39 is 11.2 Å². The zero-order chi connectivity index (χ0) is 36.5. The number of hydrogen-bond donors (Lipinski definition) is 1. The van der Waals surface area contributed by atoms with Gasteiger partial charge in [0.15, 0.2) is 0 Å². The SMILES string of the molecule is CNC(=O)c1ccccc1CN1CC2(C1)CN(C(=O)OC(C)(C)C)C2.COC(=O)c1ccccc1CN1CC2(C1)CN(C(=O)OC(C)(C)C)C2. The fraction of sp³-hybridized carbons (Fsp3) is 0.579. The molecule has 3 amide bonds.